The summed E-state index contributed by atoms with van der Waals surface area (Å²) in [5.74, 6) is 0.485. The van der Waals surface area contributed by atoms with E-state index in [4.69, 9.17) is 0 Å². The van der Waals surface area contributed by atoms with Gasteiger partial charge in [-0.25, -0.2) is 8.42 Å². The Morgan fingerprint density at radius 2 is 1.67 bits per heavy atom. The van der Waals surface area contributed by atoms with Crippen LogP contribution in [0.3, 0.4) is 0 Å². The standard InChI is InChI=1S/C17H27N3O3S/c1-12-6-10-20(11-7-12)24(22,23)16-13(2)15(18-14(16)3)17(21)19-8-4-5-9-19/h12,18H,4-11H2,1-3H3. The highest BCUT2D eigenvalue weighted by Gasteiger charge is 2.34. The van der Waals surface area contributed by atoms with Gasteiger partial charge in [-0.15, -0.1) is 0 Å². The van der Waals surface area contributed by atoms with E-state index in [9.17, 15) is 13.2 Å². The molecule has 2 aliphatic heterocycles. The van der Waals surface area contributed by atoms with Crippen molar-refractivity contribution >= 4 is 15.9 Å². The van der Waals surface area contributed by atoms with Crippen LogP contribution in [0.4, 0.5) is 0 Å². The summed E-state index contributed by atoms with van der Waals surface area (Å²) in [4.78, 5) is 17.8. The summed E-state index contributed by atoms with van der Waals surface area (Å²) < 4.78 is 27.7. The average Bonchev–Trinajstić information content (AvgIpc) is 3.15. The highest BCUT2D eigenvalue weighted by Crippen LogP contribution is 2.30. The molecular weight excluding hydrogens is 326 g/mol. The number of rotatable bonds is 3. The van der Waals surface area contributed by atoms with Crippen molar-refractivity contribution in [3.63, 3.8) is 0 Å². The van der Waals surface area contributed by atoms with Crippen molar-refractivity contribution < 1.29 is 13.2 Å². The minimum Gasteiger partial charge on any atom is -0.353 e. The molecule has 7 heteroatoms. The zero-order valence-electron chi connectivity index (χ0n) is 14.8. The van der Waals surface area contributed by atoms with E-state index in [1.54, 1.807) is 23.1 Å². The van der Waals surface area contributed by atoms with Gasteiger partial charge in [0.05, 0.1) is 0 Å². The molecule has 1 N–H and O–H groups in total. The van der Waals surface area contributed by atoms with Crippen molar-refractivity contribution in [2.24, 2.45) is 5.92 Å². The number of aryl methyl sites for hydroxylation is 1. The predicted molar refractivity (Wildman–Crippen MR) is 92.6 cm³/mol. The monoisotopic (exact) mass is 353 g/mol. The smallest absolute Gasteiger partial charge is 0.270 e. The second-order valence-corrected chi connectivity index (χ2v) is 9.04. The number of nitrogens with zero attached hydrogens (tertiary/aromatic N) is 2. The van der Waals surface area contributed by atoms with Crippen LogP contribution in [0.2, 0.25) is 0 Å². The summed E-state index contributed by atoms with van der Waals surface area (Å²) in [5, 5.41) is 0. The molecule has 3 rings (SSSR count). The summed E-state index contributed by atoms with van der Waals surface area (Å²) in [6, 6.07) is 0. The minimum atomic E-state index is -3.55. The summed E-state index contributed by atoms with van der Waals surface area (Å²) in [6.07, 6.45) is 3.81. The van der Waals surface area contributed by atoms with E-state index >= 15 is 0 Å². The van der Waals surface area contributed by atoms with Crippen LogP contribution in [0.1, 0.15) is 54.4 Å². The third-order valence-electron chi connectivity index (χ3n) is 5.32. The summed E-state index contributed by atoms with van der Waals surface area (Å²) in [6.45, 7) is 8.26. The van der Waals surface area contributed by atoms with Gasteiger partial charge in [-0.2, -0.15) is 4.31 Å². The topological polar surface area (TPSA) is 73.5 Å². The van der Waals surface area contributed by atoms with Crippen LogP contribution >= 0.6 is 0 Å². The zero-order valence-corrected chi connectivity index (χ0v) is 15.6. The molecule has 0 unspecified atom stereocenters. The Kier molecular flexibility index (Phi) is 4.75. The number of likely N-dealkylation sites (tertiary alicyclic amines) is 1. The van der Waals surface area contributed by atoms with E-state index in [2.05, 4.69) is 11.9 Å². The van der Waals surface area contributed by atoms with Crippen LogP contribution in [0.25, 0.3) is 0 Å². The fourth-order valence-corrected chi connectivity index (χ4v) is 5.64. The van der Waals surface area contributed by atoms with Crippen molar-refractivity contribution in [1.29, 1.82) is 0 Å². The normalized spacial score (nSPS) is 20.7. The van der Waals surface area contributed by atoms with Crippen LogP contribution < -0.4 is 0 Å². The molecule has 3 heterocycles. The SMILES string of the molecule is Cc1[nH]c(C(=O)N2CCCC2)c(C)c1S(=O)(=O)N1CCC(C)CC1. The number of carbonyl (C=O) groups excluding carboxylic acids is 1. The first-order valence-corrected chi connectivity index (χ1v) is 10.2. The highest BCUT2D eigenvalue weighted by molar-refractivity contribution is 7.89. The Morgan fingerprint density at radius 3 is 2.25 bits per heavy atom. The molecule has 2 fully saturated rings. The molecule has 0 aliphatic carbocycles. The fraction of sp³-hybridized carbons (Fsp3) is 0.706. The molecule has 1 aromatic rings. The lowest BCUT2D eigenvalue weighted by molar-refractivity contribution is 0.0787. The molecule has 0 aromatic carbocycles. The summed E-state index contributed by atoms with van der Waals surface area (Å²) >= 11 is 0. The maximum Gasteiger partial charge on any atom is 0.270 e. The van der Waals surface area contributed by atoms with Crippen LogP contribution in [0.15, 0.2) is 4.90 Å². The Morgan fingerprint density at radius 1 is 1.08 bits per heavy atom. The number of hydrogen-bond acceptors (Lipinski definition) is 3. The van der Waals surface area contributed by atoms with Crippen molar-refractivity contribution in [2.45, 2.75) is 51.3 Å². The number of aromatic amines is 1. The lowest BCUT2D eigenvalue weighted by Gasteiger charge is -2.29. The Bertz CT molecular complexity index is 725. The number of carbonyl (C=O) groups is 1. The van der Waals surface area contributed by atoms with Gasteiger partial charge in [0.25, 0.3) is 5.91 Å². The van der Waals surface area contributed by atoms with Crippen molar-refractivity contribution in [3.8, 4) is 0 Å². The molecule has 1 amide bonds. The molecule has 0 bridgehead atoms. The minimum absolute atomic E-state index is 0.0817. The van der Waals surface area contributed by atoms with Gasteiger partial charge in [-0.05, 0) is 51.0 Å². The number of amides is 1. The molecule has 0 spiro atoms. The molecule has 0 atom stereocenters. The van der Waals surface area contributed by atoms with Gasteiger partial charge in [0.15, 0.2) is 0 Å². The van der Waals surface area contributed by atoms with E-state index in [1.807, 2.05) is 0 Å². The van der Waals surface area contributed by atoms with E-state index in [0.29, 0.717) is 40.9 Å². The third-order valence-corrected chi connectivity index (χ3v) is 7.49. The number of piperidine rings is 1. The molecular formula is C17H27N3O3S. The van der Waals surface area contributed by atoms with Gasteiger partial charge in [-0.1, -0.05) is 6.92 Å². The molecule has 2 saturated heterocycles. The first-order valence-electron chi connectivity index (χ1n) is 8.81. The largest absolute Gasteiger partial charge is 0.353 e. The van der Waals surface area contributed by atoms with E-state index in [0.717, 1.165) is 38.8 Å². The van der Waals surface area contributed by atoms with Crippen LogP contribution in [-0.4, -0.2) is 54.7 Å². The van der Waals surface area contributed by atoms with Crippen molar-refractivity contribution in [3.05, 3.63) is 17.0 Å². The van der Waals surface area contributed by atoms with E-state index < -0.39 is 10.0 Å². The van der Waals surface area contributed by atoms with E-state index in [-0.39, 0.29) is 5.91 Å². The van der Waals surface area contributed by atoms with Gasteiger partial charge in [0, 0.05) is 31.9 Å². The number of sulfonamides is 1. The molecule has 24 heavy (non-hydrogen) atoms. The quantitative estimate of drug-likeness (QED) is 0.906. The highest BCUT2D eigenvalue weighted by atomic mass is 32.2. The first-order chi connectivity index (χ1) is 11.3. The number of hydrogen-bond donors (Lipinski definition) is 1. The molecule has 0 saturated carbocycles. The number of nitrogens with one attached hydrogen (secondary N) is 1. The second-order valence-electron chi connectivity index (χ2n) is 7.17. The molecule has 2 aliphatic rings. The van der Waals surface area contributed by atoms with Crippen molar-refractivity contribution in [1.82, 2.24) is 14.2 Å². The Labute approximate surface area is 144 Å². The van der Waals surface area contributed by atoms with Crippen LogP contribution in [0.5, 0.6) is 0 Å². The molecule has 6 nitrogen and oxygen atoms in total. The molecule has 0 radical (unpaired) electrons. The first kappa shape index (κ1) is 17.5. The van der Waals surface area contributed by atoms with Gasteiger partial charge in [0.2, 0.25) is 10.0 Å². The number of H-pyrrole nitrogens is 1. The Hall–Kier alpha value is -1.34. The second kappa shape index (κ2) is 6.52. The summed E-state index contributed by atoms with van der Waals surface area (Å²) in [5.41, 5.74) is 1.55. The molecule has 134 valence electrons. The van der Waals surface area contributed by atoms with Crippen molar-refractivity contribution in [2.75, 3.05) is 26.2 Å². The predicted octanol–water partition coefficient (Wildman–Crippen LogP) is 2.29. The molecule has 1 aromatic heterocycles. The zero-order chi connectivity index (χ0) is 17.5. The third kappa shape index (κ3) is 2.99. The Balaban J connectivity index is 1.92. The maximum absolute atomic E-state index is 13.1. The van der Waals surface area contributed by atoms with Gasteiger partial charge >= 0.3 is 0 Å². The lowest BCUT2D eigenvalue weighted by Crippen LogP contribution is -2.38. The van der Waals surface area contributed by atoms with Crippen LogP contribution in [0, 0.1) is 19.8 Å². The number of aromatic nitrogens is 1. The summed E-state index contributed by atoms with van der Waals surface area (Å²) in [7, 11) is -3.55. The van der Waals surface area contributed by atoms with Gasteiger partial charge < -0.3 is 9.88 Å². The average molecular weight is 353 g/mol. The fourth-order valence-electron chi connectivity index (χ4n) is 3.77. The van der Waals surface area contributed by atoms with Gasteiger partial charge in [0.1, 0.15) is 10.6 Å². The van der Waals surface area contributed by atoms with Gasteiger partial charge in [-0.3, -0.25) is 4.79 Å². The lowest BCUT2D eigenvalue weighted by atomic mass is 10.0. The van der Waals surface area contributed by atoms with Crippen LogP contribution in [-0.2, 0) is 10.0 Å². The maximum atomic E-state index is 13.1. The van der Waals surface area contributed by atoms with E-state index in [1.165, 1.54) is 0 Å².